The number of fused-ring (bicyclic) bond motifs is 2. The zero-order chi connectivity index (χ0) is 42.8. The second-order valence-electron chi connectivity index (χ2n) is 16.1. The molecule has 4 aliphatic rings. The number of carbonyl (C=O) groups excluding carboxylic acids is 2. The molecule has 2 aromatic carbocycles. The van der Waals surface area contributed by atoms with Crippen molar-refractivity contribution in [3.8, 4) is 0 Å². The molecule has 0 saturated carbocycles. The fraction of sp³-hybridized carbons (Fsp3) is 0.386. The summed E-state index contributed by atoms with van der Waals surface area (Å²) in [5.74, 6) is -0.944. The second-order valence-corrected chi connectivity index (χ2v) is 19.0. The largest absolute Gasteiger partial charge is 0.366 e. The highest BCUT2D eigenvalue weighted by atomic mass is 32.2. The number of unbranched alkanes of at least 4 members (excludes halogenated alkanes) is 2. The molecule has 3 aliphatic heterocycles. The number of nitrogens with zero attached hydrogens (tertiary/aromatic N) is 3. The first-order chi connectivity index (χ1) is 27.8. The topological polar surface area (TPSA) is 182 Å². The Morgan fingerprint density at radius 3 is 2.15 bits per heavy atom. The average molecular weight is 847 g/mol. The van der Waals surface area contributed by atoms with Gasteiger partial charge in [-0.15, -0.1) is 0 Å². The van der Waals surface area contributed by atoms with Gasteiger partial charge in [0.1, 0.15) is 6.54 Å². The van der Waals surface area contributed by atoms with E-state index in [4.69, 9.17) is 4.84 Å². The maximum atomic E-state index is 12.2. The fourth-order valence-corrected chi connectivity index (χ4v) is 9.18. The van der Waals surface area contributed by atoms with Crippen LogP contribution < -0.4 is 4.90 Å². The number of hydrogen-bond donors (Lipinski definition) is 3. The lowest BCUT2D eigenvalue weighted by Gasteiger charge is -2.27. The van der Waals surface area contributed by atoms with Gasteiger partial charge in [-0.25, -0.2) is 4.84 Å². The monoisotopic (exact) mass is 846 g/mol. The van der Waals surface area contributed by atoms with E-state index < -0.39 is 49.2 Å². The molecule has 1 fully saturated rings. The SMILES string of the molecule is CC1(C)C(=CC=CC2=[N+](CCCC3=CC=CC=CC=C3)c3ccc(S(=O)(=O)O)cc3C2(C)C)N(CCCCCC(O)ON2C(=O)CCC2=O)c2ccc(S(=O)(=O)O)cc21. The number of allylic oxidation sites excluding steroid dienone is 12. The van der Waals surface area contributed by atoms with Crippen LogP contribution in [0.1, 0.15) is 90.2 Å². The van der Waals surface area contributed by atoms with Gasteiger partial charge < -0.3 is 10.0 Å². The van der Waals surface area contributed by atoms with E-state index in [9.17, 15) is 40.6 Å². The maximum Gasteiger partial charge on any atom is 0.294 e. The van der Waals surface area contributed by atoms with E-state index in [1.54, 1.807) is 12.1 Å². The van der Waals surface area contributed by atoms with Gasteiger partial charge in [0.25, 0.3) is 32.1 Å². The van der Waals surface area contributed by atoms with Crippen molar-refractivity contribution >= 4 is 49.1 Å². The van der Waals surface area contributed by atoms with Crippen LogP contribution in [0.2, 0.25) is 0 Å². The molecule has 314 valence electrons. The molecular formula is C44H52N3O10S2+. The Morgan fingerprint density at radius 1 is 0.814 bits per heavy atom. The molecular weight excluding hydrogens is 795 g/mol. The van der Waals surface area contributed by atoms with Crippen LogP contribution >= 0.6 is 0 Å². The predicted molar refractivity (Wildman–Crippen MR) is 224 cm³/mol. The lowest BCUT2D eigenvalue weighted by Crippen LogP contribution is -2.34. The molecule has 0 radical (unpaired) electrons. The Labute approximate surface area is 346 Å². The summed E-state index contributed by atoms with van der Waals surface area (Å²) in [7, 11) is -8.91. The second kappa shape index (κ2) is 17.4. The molecule has 3 N–H and O–H groups in total. The fourth-order valence-electron chi connectivity index (χ4n) is 8.17. The molecule has 6 rings (SSSR count). The molecule has 59 heavy (non-hydrogen) atoms. The van der Waals surface area contributed by atoms with Gasteiger partial charge >= 0.3 is 0 Å². The van der Waals surface area contributed by atoms with E-state index in [-0.39, 0.29) is 29.1 Å². The van der Waals surface area contributed by atoms with E-state index in [1.165, 1.54) is 29.8 Å². The minimum atomic E-state index is -4.47. The number of carbonyl (C=O) groups is 2. The first-order valence-corrected chi connectivity index (χ1v) is 22.6. The van der Waals surface area contributed by atoms with Crippen LogP contribution in [0, 0.1) is 0 Å². The number of amides is 2. The van der Waals surface area contributed by atoms with Gasteiger partial charge in [-0.1, -0.05) is 68.9 Å². The van der Waals surface area contributed by atoms with E-state index in [2.05, 4.69) is 21.6 Å². The summed E-state index contributed by atoms with van der Waals surface area (Å²) in [6.45, 7) is 9.19. The molecule has 0 aromatic heterocycles. The lowest BCUT2D eigenvalue weighted by molar-refractivity contribution is -0.438. The Balaban J connectivity index is 1.28. The number of aliphatic hydroxyl groups is 1. The Kier molecular flexibility index (Phi) is 13.0. The van der Waals surface area contributed by atoms with Crippen LogP contribution in [0.4, 0.5) is 11.4 Å². The van der Waals surface area contributed by atoms with Crippen LogP contribution in [0.3, 0.4) is 0 Å². The van der Waals surface area contributed by atoms with Crippen molar-refractivity contribution in [3.05, 3.63) is 120 Å². The summed E-state index contributed by atoms with van der Waals surface area (Å²) in [6, 6.07) is 9.28. The van der Waals surface area contributed by atoms with Gasteiger partial charge in [0.2, 0.25) is 5.69 Å². The molecule has 2 aromatic rings. The highest BCUT2D eigenvalue weighted by Crippen LogP contribution is 2.49. The number of hydroxylamine groups is 2. The van der Waals surface area contributed by atoms with E-state index in [0.29, 0.717) is 37.4 Å². The van der Waals surface area contributed by atoms with E-state index in [0.717, 1.165) is 46.8 Å². The number of imide groups is 1. The third-order valence-electron chi connectivity index (χ3n) is 11.3. The molecule has 0 spiro atoms. The molecule has 1 saturated heterocycles. The number of anilines is 1. The first-order valence-electron chi connectivity index (χ1n) is 19.8. The summed E-state index contributed by atoms with van der Waals surface area (Å²) in [5, 5.41) is 11.0. The van der Waals surface area contributed by atoms with Gasteiger partial charge in [-0.3, -0.25) is 18.7 Å². The summed E-state index contributed by atoms with van der Waals surface area (Å²) < 4.78 is 70.9. The third kappa shape index (κ3) is 9.66. The summed E-state index contributed by atoms with van der Waals surface area (Å²) in [4.78, 5) is 30.7. The quantitative estimate of drug-likeness (QED) is 0.0514. The molecule has 15 heteroatoms. The zero-order valence-corrected chi connectivity index (χ0v) is 35.4. The Morgan fingerprint density at radius 2 is 1.46 bits per heavy atom. The molecule has 3 heterocycles. The van der Waals surface area contributed by atoms with Crippen molar-refractivity contribution in [3.63, 3.8) is 0 Å². The van der Waals surface area contributed by atoms with Crippen LogP contribution in [0.15, 0.2) is 118 Å². The number of rotatable bonds is 16. The van der Waals surface area contributed by atoms with E-state index in [1.807, 2.05) is 76.3 Å². The van der Waals surface area contributed by atoms with Gasteiger partial charge in [-0.2, -0.15) is 26.5 Å². The zero-order valence-electron chi connectivity index (χ0n) is 33.7. The van der Waals surface area contributed by atoms with Crippen molar-refractivity contribution < 1.29 is 50.0 Å². The van der Waals surface area contributed by atoms with Gasteiger partial charge in [0.15, 0.2) is 12.0 Å². The Hall–Kier alpha value is -4.77. The summed E-state index contributed by atoms with van der Waals surface area (Å²) in [6.07, 6.45) is 22.6. The van der Waals surface area contributed by atoms with Gasteiger partial charge in [0.05, 0.1) is 15.2 Å². The van der Waals surface area contributed by atoms with Crippen LogP contribution in [-0.2, 0) is 45.5 Å². The van der Waals surface area contributed by atoms with Crippen molar-refractivity contribution in [2.45, 2.75) is 106 Å². The Bertz CT molecular complexity index is 2440. The van der Waals surface area contributed by atoms with Crippen LogP contribution in [0.5, 0.6) is 0 Å². The van der Waals surface area contributed by atoms with Crippen molar-refractivity contribution in [1.82, 2.24) is 5.06 Å². The highest BCUT2D eigenvalue weighted by molar-refractivity contribution is 7.86. The highest BCUT2D eigenvalue weighted by Gasteiger charge is 2.45. The molecule has 13 nitrogen and oxygen atoms in total. The molecule has 0 bridgehead atoms. The van der Waals surface area contributed by atoms with Crippen LogP contribution in [0.25, 0.3) is 0 Å². The standard InChI is InChI=1S/C44H51N3O10S2/c1-43(2)34-29-32(58(51,52)53)21-23-36(34)45(27-12-8-11-20-42(50)57-47-40(48)25-26-41(47)49)38(43)18-13-19-39-44(3,4)35-30-33(59(54,55)56)22-24-37(35)46(39)28-14-17-31-15-9-6-5-7-10-16-31/h5-7,9-10,13,15-16,18-19,21-24,29-30,42,50H,8,11-12,14,17,20,25-28H2,1-4H3,(H-,51,52,53,54,55,56)/p+1. The van der Waals surface area contributed by atoms with Gasteiger partial charge in [0, 0.05) is 66.7 Å². The summed E-state index contributed by atoms with van der Waals surface area (Å²) >= 11 is 0. The minimum Gasteiger partial charge on any atom is -0.366 e. The van der Waals surface area contributed by atoms with Crippen LogP contribution in [-0.4, -0.2) is 77.6 Å². The molecule has 1 aliphatic carbocycles. The number of benzene rings is 2. The average Bonchev–Trinajstić information content (AvgIpc) is 3.66. The van der Waals surface area contributed by atoms with Gasteiger partial charge in [-0.05, 0) is 80.7 Å². The predicted octanol–water partition coefficient (Wildman–Crippen LogP) is 7.14. The summed E-state index contributed by atoms with van der Waals surface area (Å²) in [5.41, 5.74) is 4.76. The minimum absolute atomic E-state index is 0.0595. The number of hydrogen-bond acceptors (Lipinski definition) is 9. The number of aliphatic hydroxyl groups excluding tert-OH is 1. The van der Waals surface area contributed by atoms with Crippen molar-refractivity contribution in [2.24, 2.45) is 0 Å². The third-order valence-corrected chi connectivity index (χ3v) is 13.0. The normalized spacial score (nSPS) is 19.8. The lowest BCUT2D eigenvalue weighted by atomic mass is 9.81. The molecule has 1 atom stereocenters. The van der Waals surface area contributed by atoms with Crippen molar-refractivity contribution in [1.29, 1.82) is 0 Å². The molecule has 1 unspecified atom stereocenters. The van der Waals surface area contributed by atoms with Crippen molar-refractivity contribution in [2.75, 3.05) is 18.0 Å². The smallest absolute Gasteiger partial charge is 0.294 e. The maximum absolute atomic E-state index is 12.2. The molecule has 2 amide bonds. The first kappa shape index (κ1) is 43.8. The van der Waals surface area contributed by atoms with E-state index >= 15 is 0 Å².